The lowest BCUT2D eigenvalue weighted by Gasteiger charge is -2.43. The van der Waals surface area contributed by atoms with Crippen LogP contribution in [0.3, 0.4) is 0 Å². The molecule has 0 radical (unpaired) electrons. The number of amidine groups is 1. The minimum Gasteiger partial charge on any atom is -0.360 e. The molecular weight excluding hydrogens is 344 g/mol. The summed E-state index contributed by atoms with van der Waals surface area (Å²) in [5.41, 5.74) is 4.33. The molecule has 5 nitrogen and oxygen atoms in total. The van der Waals surface area contributed by atoms with E-state index < -0.39 is 6.04 Å². The maximum Gasteiger partial charge on any atom is 0.255 e. The molecule has 0 aromatic heterocycles. The van der Waals surface area contributed by atoms with Crippen LogP contribution in [0.15, 0.2) is 53.6 Å². The maximum absolute atomic E-state index is 12.9. The Morgan fingerprint density at radius 2 is 1.88 bits per heavy atom. The molecule has 2 atom stereocenters. The predicted molar refractivity (Wildman–Crippen MR) is 107 cm³/mol. The second-order valence-corrected chi connectivity index (χ2v) is 7.59. The van der Waals surface area contributed by atoms with Gasteiger partial charge in [-0.05, 0) is 29.4 Å². The van der Waals surface area contributed by atoms with Crippen molar-refractivity contribution in [3.8, 4) is 0 Å². The number of nitrogens with one attached hydrogen (secondary N) is 2. The minimum absolute atomic E-state index is 0.0277. The van der Waals surface area contributed by atoms with E-state index in [0.717, 1.165) is 29.0 Å². The van der Waals surface area contributed by atoms with Crippen LogP contribution in [0.4, 0.5) is 5.69 Å². The number of thioether (sulfide) groups is 1. The van der Waals surface area contributed by atoms with E-state index in [1.54, 1.807) is 11.8 Å². The van der Waals surface area contributed by atoms with Crippen LogP contribution in [-0.4, -0.2) is 21.8 Å². The van der Waals surface area contributed by atoms with Gasteiger partial charge in [-0.2, -0.15) is 0 Å². The molecule has 2 N–H and O–H groups in total. The lowest BCUT2D eigenvalue weighted by atomic mass is 9.97. The number of amides is 1. The predicted octanol–water partition coefficient (Wildman–Crippen LogP) is 3.87. The third kappa shape index (κ3) is 2.94. The highest BCUT2D eigenvalue weighted by molar-refractivity contribution is 8.13. The molecule has 2 heterocycles. The standard InChI is InChI=1S/C20H22N4OS/c1-3-13-9-11-14(12-10-13)18-21-16-8-6-5-7-15(16)17-19(25)22-20(26-4-2)23-24(17)18/h5-12,17-18,21H,3-4H2,1-2H3,(H,22,23,25)/t17-,18-/m0/s1. The quantitative estimate of drug-likeness (QED) is 0.866. The van der Waals surface area contributed by atoms with Crippen molar-refractivity contribution in [1.82, 2.24) is 10.3 Å². The second-order valence-electron chi connectivity index (χ2n) is 6.34. The number of hydrogen-bond donors (Lipinski definition) is 2. The molecule has 2 aliphatic heterocycles. The normalized spacial score (nSPS) is 21.2. The van der Waals surface area contributed by atoms with Gasteiger partial charge in [0.25, 0.3) is 5.91 Å². The van der Waals surface area contributed by atoms with Crippen molar-refractivity contribution in [2.75, 3.05) is 11.1 Å². The molecule has 2 aromatic rings. The fraction of sp³-hybridized carbons (Fsp3) is 0.300. The van der Waals surface area contributed by atoms with Crippen LogP contribution in [0.1, 0.15) is 42.7 Å². The van der Waals surface area contributed by atoms with Gasteiger partial charge in [0.2, 0.25) is 0 Å². The van der Waals surface area contributed by atoms with Gasteiger partial charge in [-0.25, -0.2) is 0 Å². The highest BCUT2D eigenvalue weighted by Crippen LogP contribution is 2.42. The van der Waals surface area contributed by atoms with E-state index in [-0.39, 0.29) is 12.1 Å². The Balaban J connectivity index is 1.80. The molecule has 26 heavy (non-hydrogen) atoms. The van der Waals surface area contributed by atoms with Crippen molar-refractivity contribution in [3.63, 3.8) is 0 Å². The molecule has 0 fully saturated rings. The van der Waals surface area contributed by atoms with E-state index in [2.05, 4.69) is 48.7 Å². The number of aryl methyl sites for hydroxylation is 1. The van der Waals surface area contributed by atoms with Crippen molar-refractivity contribution < 1.29 is 4.79 Å². The molecule has 0 unspecified atom stereocenters. The highest BCUT2D eigenvalue weighted by atomic mass is 32.2. The molecule has 2 aromatic carbocycles. The van der Waals surface area contributed by atoms with E-state index in [9.17, 15) is 4.79 Å². The number of hydrazone groups is 1. The number of benzene rings is 2. The fourth-order valence-electron chi connectivity index (χ4n) is 3.43. The average molecular weight is 366 g/mol. The summed E-state index contributed by atoms with van der Waals surface area (Å²) in [7, 11) is 0. The van der Waals surface area contributed by atoms with Crippen molar-refractivity contribution in [2.45, 2.75) is 32.5 Å². The molecule has 0 spiro atoms. The van der Waals surface area contributed by atoms with Gasteiger partial charge in [-0.1, -0.05) is 68.1 Å². The smallest absolute Gasteiger partial charge is 0.255 e. The Kier molecular flexibility index (Phi) is 4.59. The third-order valence-corrected chi connectivity index (χ3v) is 5.49. The van der Waals surface area contributed by atoms with Gasteiger partial charge in [0, 0.05) is 11.3 Å². The van der Waals surface area contributed by atoms with Gasteiger partial charge >= 0.3 is 0 Å². The largest absolute Gasteiger partial charge is 0.360 e. The first-order valence-electron chi connectivity index (χ1n) is 8.96. The number of anilines is 1. The maximum atomic E-state index is 12.9. The SMILES string of the molecule is CCSC1=NN2[C@@H](c3ccc(CC)cc3)Nc3ccccc3[C@H]2C(=O)N1. The van der Waals surface area contributed by atoms with E-state index in [1.807, 2.05) is 29.3 Å². The Morgan fingerprint density at radius 3 is 2.62 bits per heavy atom. The number of nitrogens with zero attached hydrogens (tertiary/aromatic N) is 2. The second kappa shape index (κ2) is 7.03. The molecule has 2 aliphatic rings. The van der Waals surface area contributed by atoms with Crippen molar-refractivity contribution in [1.29, 1.82) is 0 Å². The molecule has 0 aliphatic carbocycles. The summed E-state index contributed by atoms with van der Waals surface area (Å²) in [5, 5.41) is 13.8. The summed E-state index contributed by atoms with van der Waals surface area (Å²) in [6.07, 6.45) is 0.824. The molecule has 1 amide bonds. The van der Waals surface area contributed by atoms with Crippen molar-refractivity contribution >= 4 is 28.5 Å². The summed E-state index contributed by atoms with van der Waals surface area (Å²) in [5.74, 6) is 0.831. The van der Waals surface area contributed by atoms with Gasteiger partial charge in [0.05, 0.1) is 0 Å². The number of carbonyl (C=O) groups is 1. The zero-order valence-electron chi connectivity index (χ0n) is 14.9. The number of rotatable bonds is 3. The molecule has 0 saturated carbocycles. The number of para-hydroxylation sites is 1. The molecule has 6 heteroatoms. The first-order valence-corrected chi connectivity index (χ1v) is 9.94. The van der Waals surface area contributed by atoms with Gasteiger partial charge in [-0.15, -0.1) is 5.10 Å². The number of hydrogen-bond acceptors (Lipinski definition) is 5. The third-order valence-electron chi connectivity index (χ3n) is 4.75. The summed E-state index contributed by atoms with van der Waals surface area (Å²) < 4.78 is 0. The zero-order valence-corrected chi connectivity index (χ0v) is 15.7. The van der Waals surface area contributed by atoms with Gasteiger partial charge in [-0.3, -0.25) is 9.80 Å². The van der Waals surface area contributed by atoms with Gasteiger partial charge < -0.3 is 10.6 Å². The Bertz CT molecular complexity index is 849. The van der Waals surface area contributed by atoms with Crippen molar-refractivity contribution in [2.24, 2.45) is 5.10 Å². The monoisotopic (exact) mass is 366 g/mol. The fourth-order valence-corrected chi connectivity index (χ4v) is 4.02. The van der Waals surface area contributed by atoms with E-state index in [4.69, 9.17) is 5.10 Å². The molecule has 4 rings (SSSR count). The Hall–Kier alpha value is -2.47. The minimum atomic E-state index is -0.426. The Labute approximate surface area is 157 Å². The lowest BCUT2D eigenvalue weighted by Crippen LogP contribution is -2.50. The van der Waals surface area contributed by atoms with Crippen LogP contribution in [0.2, 0.25) is 0 Å². The molecule has 134 valence electrons. The highest BCUT2D eigenvalue weighted by Gasteiger charge is 2.41. The number of fused-ring (bicyclic) bond motifs is 3. The van der Waals surface area contributed by atoms with Crippen LogP contribution < -0.4 is 10.6 Å². The van der Waals surface area contributed by atoms with Crippen molar-refractivity contribution in [3.05, 3.63) is 65.2 Å². The average Bonchev–Trinajstić information content (AvgIpc) is 2.67. The van der Waals surface area contributed by atoms with E-state index in [0.29, 0.717) is 5.17 Å². The Morgan fingerprint density at radius 1 is 1.12 bits per heavy atom. The van der Waals surface area contributed by atoms with Crippen LogP contribution >= 0.6 is 11.8 Å². The number of carbonyl (C=O) groups excluding carboxylic acids is 1. The molecular formula is C20H22N4OS. The van der Waals surface area contributed by atoms with E-state index >= 15 is 0 Å². The first kappa shape index (κ1) is 17.0. The first-order chi connectivity index (χ1) is 12.7. The summed E-state index contributed by atoms with van der Waals surface area (Å²) >= 11 is 1.54. The van der Waals surface area contributed by atoms with Gasteiger partial charge in [0.15, 0.2) is 11.2 Å². The molecule has 0 bridgehead atoms. The topological polar surface area (TPSA) is 56.7 Å². The van der Waals surface area contributed by atoms with Crippen LogP contribution in [-0.2, 0) is 11.2 Å². The van der Waals surface area contributed by atoms with Crippen LogP contribution in [0.25, 0.3) is 0 Å². The van der Waals surface area contributed by atoms with Crippen LogP contribution in [0.5, 0.6) is 0 Å². The zero-order chi connectivity index (χ0) is 18.1. The summed E-state index contributed by atoms with van der Waals surface area (Å²) in [6, 6.07) is 16.1. The lowest BCUT2D eigenvalue weighted by molar-refractivity contribution is -0.127. The van der Waals surface area contributed by atoms with Crippen LogP contribution in [0, 0.1) is 0 Å². The molecule has 0 saturated heterocycles. The van der Waals surface area contributed by atoms with E-state index in [1.165, 1.54) is 5.56 Å². The van der Waals surface area contributed by atoms with Gasteiger partial charge in [0.1, 0.15) is 6.17 Å². The summed E-state index contributed by atoms with van der Waals surface area (Å²) in [6.45, 7) is 4.20. The summed E-state index contributed by atoms with van der Waals surface area (Å²) in [4.78, 5) is 12.9.